The molecule has 2 nitrogen and oxygen atoms in total. The molecule has 2 unspecified atom stereocenters. The van der Waals surface area contributed by atoms with E-state index in [0.29, 0.717) is 6.10 Å². The molecule has 2 N–H and O–H groups in total. The third-order valence-electron chi connectivity index (χ3n) is 2.35. The van der Waals surface area contributed by atoms with Crippen molar-refractivity contribution in [2.24, 2.45) is 5.73 Å². The summed E-state index contributed by atoms with van der Waals surface area (Å²) in [6, 6.07) is 0. The molecule has 0 spiro atoms. The lowest BCUT2D eigenvalue weighted by Crippen LogP contribution is -2.49. The molecule has 0 amide bonds. The molecule has 60 valence electrons. The Labute approximate surface area is 62.7 Å². The molecule has 0 aromatic heterocycles. The molecule has 0 aromatic rings. The Balaban J connectivity index is 2.32. The van der Waals surface area contributed by atoms with Crippen LogP contribution in [0.2, 0.25) is 0 Å². The highest BCUT2D eigenvalue weighted by atomic mass is 16.5. The van der Waals surface area contributed by atoms with Crippen LogP contribution in [0.3, 0.4) is 0 Å². The van der Waals surface area contributed by atoms with Gasteiger partial charge in [-0.25, -0.2) is 0 Å². The SMILES string of the molecule is CCC1(CCN)CC(C)O1. The first-order valence-corrected chi connectivity index (χ1v) is 4.10. The number of ether oxygens (including phenoxy) is 1. The van der Waals surface area contributed by atoms with Gasteiger partial charge in [0, 0.05) is 6.42 Å². The van der Waals surface area contributed by atoms with Gasteiger partial charge in [0.15, 0.2) is 0 Å². The van der Waals surface area contributed by atoms with E-state index in [4.69, 9.17) is 10.5 Å². The minimum absolute atomic E-state index is 0.161. The van der Waals surface area contributed by atoms with Crippen molar-refractivity contribution in [3.05, 3.63) is 0 Å². The molecule has 1 rings (SSSR count). The van der Waals surface area contributed by atoms with Crippen molar-refractivity contribution in [2.45, 2.75) is 44.8 Å². The van der Waals surface area contributed by atoms with Crippen LogP contribution in [-0.4, -0.2) is 18.2 Å². The molecule has 10 heavy (non-hydrogen) atoms. The van der Waals surface area contributed by atoms with Crippen LogP contribution < -0.4 is 5.73 Å². The lowest BCUT2D eigenvalue weighted by molar-refractivity contribution is -0.201. The van der Waals surface area contributed by atoms with Crippen molar-refractivity contribution in [1.82, 2.24) is 0 Å². The van der Waals surface area contributed by atoms with Crippen LogP contribution in [0.5, 0.6) is 0 Å². The van der Waals surface area contributed by atoms with Gasteiger partial charge < -0.3 is 10.5 Å². The fourth-order valence-electron chi connectivity index (χ4n) is 1.77. The highest BCUT2D eigenvalue weighted by molar-refractivity contribution is 4.90. The van der Waals surface area contributed by atoms with Crippen LogP contribution in [0.25, 0.3) is 0 Å². The van der Waals surface area contributed by atoms with Gasteiger partial charge in [-0.2, -0.15) is 0 Å². The van der Waals surface area contributed by atoms with Gasteiger partial charge >= 0.3 is 0 Å². The van der Waals surface area contributed by atoms with E-state index in [1.807, 2.05) is 0 Å². The highest BCUT2D eigenvalue weighted by Crippen LogP contribution is 2.37. The Kier molecular flexibility index (Phi) is 2.32. The van der Waals surface area contributed by atoms with Crippen molar-refractivity contribution in [1.29, 1.82) is 0 Å². The molecule has 0 radical (unpaired) electrons. The zero-order valence-corrected chi connectivity index (χ0v) is 6.89. The Bertz CT molecular complexity index is 102. The van der Waals surface area contributed by atoms with Crippen LogP contribution in [0, 0.1) is 0 Å². The summed E-state index contributed by atoms with van der Waals surface area (Å²) in [4.78, 5) is 0. The first kappa shape index (κ1) is 8.02. The number of hydrogen-bond acceptors (Lipinski definition) is 2. The van der Waals surface area contributed by atoms with E-state index in [1.54, 1.807) is 0 Å². The Morgan fingerprint density at radius 3 is 2.60 bits per heavy atom. The van der Waals surface area contributed by atoms with E-state index in [1.165, 1.54) is 6.42 Å². The smallest absolute Gasteiger partial charge is 0.0720 e. The van der Waals surface area contributed by atoms with E-state index >= 15 is 0 Å². The van der Waals surface area contributed by atoms with Gasteiger partial charge in [0.05, 0.1) is 11.7 Å². The summed E-state index contributed by atoms with van der Waals surface area (Å²) in [5.74, 6) is 0. The third kappa shape index (κ3) is 1.32. The van der Waals surface area contributed by atoms with Crippen LogP contribution in [-0.2, 0) is 4.74 Å². The Morgan fingerprint density at radius 1 is 1.70 bits per heavy atom. The van der Waals surface area contributed by atoms with Crippen molar-refractivity contribution in [2.75, 3.05) is 6.54 Å². The maximum Gasteiger partial charge on any atom is 0.0720 e. The Morgan fingerprint density at radius 2 is 2.30 bits per heavy atom. The van der Waals surface area contributed by atoms with Gasteiger partial charge in [-0.05, 0) is 26.3 Å². The molecule has 0 bridgehead atoms. The zero-order valence-electron chi connectivity index (χ0n) is 6.89. The number of hydrogen-bond donors (Lipinski definition) is 1. The minimum Gasteiger partial charge on any atom is -0.372 e. The van der Waals surface area contributed by atoms with Crippen molar-refractivity contribution in [3.63, 3.8) is 0 Å². The van der Waals surface area contributed by atoms with Gasteiger partial charge in [0.25, 0.3) is 0 Å². The second-order valence-electron chi connectivity index (χ2n) is 3.21. The fraction of sp³-hybridized carbons (Fsp3) is 1.00. The van der Waals surface area contributed by atoms with Crippen molar-refractivity contribution < 1.29 is 4.74 Å². The molecule has 0 aliphatic carbocycles. The molecule has 1 aliphatic rings. The largest absolute Gasteiger partial charge is 0.372 e. The quantitative estimate of drug-likeness (QED) is 0.646. The second kappa shape index (κ2) is 2.89. The number of nitrogens with two attached hydrogens (primary N) is 1. The molecule has 1 fully saturated rings. The average molecular weight is 143 g/mol. The summed E-state index contributed by atoms with van der Waals surface area (Å²) in [5, 5.41) is 0. The molecule has 2 atom stereocenters. The monoisotopic (exact) mass is 143 g/mol. The van der Waals surface area contributed by atoms with Gasteiger partial charge in [0.1, 0.15) is 0 Å². The molecular formula is C8H17NO. The van der Waals surface area contributed by atoms with E-state index in [0.717, 1.165) is 19.4 Å². The van der Waals surface area contributed by atoms with Crippen LogP contribution in [0.4, 0.5) is 0 Å². The summed E-state index contributed by atoms with van der Waals surface area (Å²) in [6.07, 6.45) is 3.79. The normalized spacial score (nSPS) is 39.3. The van der Waals surface area contributed by atoms with E-state index in [-0.39, 0.29) is 5.60 Å². The zero-order chi connectivity index (χ0) is 7.61. The van der Waals surface area contributed by atoms with Gasteiger partial charge in [-0.3, -0.25) is 0 Å². The first-order chi connectivity index (χ1) is 4.72. The average Bonchev–Trinajstić information content (AvgIpc) is 1.84. The summed E-state index contributed by atoms with van der Waals surface area (Å²) >= 11 is 0. The van der Waals surface area contributed by atoms with E-state index in [9.17, 15) is 0 Å². The van der Waals surface area contributed by atoms with Gasteiger partial charge in [-0.1, -0.05) is 6.92 Å². The first-order valence-electron chi connectivity index (χ1n) is 4.10. The minimum atomic E-state index is 0.161. The van der Waals surface area contributed by atoms with Gasteiger partial charge in [-0.15, -0.1) is 0 Å². The van der Waals surface area contributed by atoms with Crippen LogP contribution >= 0.6 is 0 Å². The predicted octanol–water partition coefficient (Wildman–Crippen LogP) is 1.29. The molecule has 1 saturated heterocycles. The standard InChI is InChI=1S/C8H17NO/c1-3-8(4-5-9)6-7(2)10-8/h7H,3-6,9H2,1-2H3. The summed E-state index contributed by atoms with van der Waals surface area (Å²) < 4.78 is 5.64. The maximum absolute atomic E-state index is 5.64. The highest BCUT2D eigenvalue weighted by Gasteiger charge is 2.40. The summed E-state index contributed by atoms with van der Waals surface area (Å²) in [6.45, 7) is 5.03. The predicted molar refractivity (Wildman–Crippen MR) is 41.9 cm³/mol. The van der Waals surface area contributed by atoms with Crippen LogP contribution in [0.1, 0.15) is 33.1 Å². The lowest BCUT2D eigenvalue weighted by Gasteiger charge is -2.46. The summed E-state index contributed by atoms with van der Waals surface area (Å²) in [7, 11) is 0. The van der Waals surface area contributed by atoms with Gasteiger partial charge in [0.2, 0.25) is 0 Å². The van der Waals surface area contributed by atoms with E-state index in [2.05, 4.69) is 13.8 Å². The molecule has 1 aliphatic heterocycles. The molecule has 0 aromatic carbocycles. The van der Waals surface area contributed by atoms with Crippen LogP contribution in [0.15, 0.2) is 0 Å². The fourth-order valence-corrected chi connectivity index (χ4v) is 1.77. The number of rotatable bonds is 3. The molecule has 2 heteroatoms. The van der Waals surface area contributed by atoms with Crippen molar-refractivity contribution in [3.8, 4) is 0 Å². The van der Waals surface area contributed by atoms with Crippen molar-refractivity contribution >= 4 is 0 Å². The maximum atomic E-state index is 5.64. The topological polar surface area (TPSA) is 35.2 Å². The molecule has 1 heterocycles. The lowest BCUT2D eigenvalue weighted by atomic mass is 9.84. The third-order valence-corrected chi connectivity index (χ3v) is 2.35. The Hall–Kier alpha value is -0.0800. The molecular weight excluding hydrogens is 126 g/mol. The second-order valence-corrected chi connectivity index (χ2v) is 3.21. The molecule has 0 saturated carbocycles. The van der Waals surface area contributed by atoms with E-state index < -0.39 is 0 Å². The summed E-state index contributed by atoms with van der Waals surface area (Å²) in [5.41, 5.74) is 5.63.